The van der Waals surface area contributed by atoms with Gasteiger partial charge in [0.15, 0.2) is 22.6 Å². The Bertz CT molecular complexity index is 1690. The maximum Gasteiger partial charge on any atom is 0.179 e. The number of thiophene rings is 1. The van der Waals surface area contributed by atoms with Gasteiger partial charge in [-0.15, -0.1) is 11.3 Å². The van der Waals surface area contributed by atoms with Crippen LogP contribution in [0.3, 0.4) is 0 Å². The van der Waals surface area contributed by atoms with Gasteiger partial charge in [0, 0.05) is 46.4 Å². The molecule has 0 aliphatic heterocycles. The van der Waals surface area contributed by atoms with Gasteiger partial charge in [-0.05, 0) is 22.8 Å². The first-order valence-corrected chi connectivity index (χ1v) is 12.8. The fourth-order valence-corrected chi connectivity index (χ4v) is 4.94. The molecule has 3 aromatic carbocycles. The third-order valence-electron chi connectivity index (χ3n) is 6.11. The lowest BCUT2D eigenvalue weighted by Crippen LogP contribution is -2.00. The van der Waals surface area contributed by atoms with Gasteiger partial charge in [-0.25, -0.2) is 19.3 Å². The van der Waals surface area contributed by atoms with Crippen molar-refractivity contribution in [3.8, 4) is 45.3 Å². The number of nitrogens with zero attached hydrogens (tertiary/aromatic N) is 4. The van der Waals surface area contributed by atoms with E-state index in [2.05, 4.69) is 4.98 Å². The molecule has 0 N–H and O–H groups in total. The van der Waals surface area contributed by atoms with Crippen molar-refractivity contribution in [3.63, 3.8) is 0 Å². The van der Waals surface area contributed by atoms with Crippen LogP contribution in [-0.2, 0) is 6.42 Å². The van der Waals surface area contributed by atoms with Crippen molar-refractivity contribution in [2.75, 3.05) is 0 Å². The predicted octanol–water partition coefficient (Wildman–Crippen LogP) is 7.87. The normalized spacial score (nSPS) is 11.0. The summed E-state index contributed by atoms with van der Waals surface area (Å²) in [5, 5.41) is -0.520. The molecule has 6 aromatic rings. The van der Waals surface area contributed by atoms with Gasteiger partial charge >= 0.3 is 0 Å². The maximum absolute atomic E-state index is 13.9. The first-order valence-electron chi connectivity index (χ1n) is 12.0. The summed E-state index contributed by atoms with van der Waals surface area (Å²) in [7, 11) is 0. The molecule has 0 spiro atoms. The van der Waals surface area contributed by atoms with E-state index in [0.29, 0.717) is 28.8 Å². The van der Waals surface area contributed by atoms with E-state index in [9.17, 15) is 8.78 Å². The summed E-state index contributed by atoms with van der Waals surface area (Å²) in [6, 6.07) is 30.2. The van der Waals surface area contributed by atoms with Gasteiger partial charge in [0.2, 0.25) is 0 Å². The number of hydrogen-bond donors (Lipinski definition) is 0. The SMILES string of the molecule is Fc1cc(F)c(Cc2ccc(-c3nc(-c4ccccc4)nc(-c4ccc(-c5cccnc5)cc4)n3)cc2)s1. The maximum atomic E-state index is 13.9. The number of aromatic nitrogens is 4. The first-order chi connectivity index (χ1) is 18.6. The molecule has 6 rings (SSSR count). The summed E-state index contributed by atoms with van der Waals surface area (Å²) >= 11 is 0.830. The minimum absolute atomic E-state index is 0.321. The van der Waals surface area contributed by atoms with Crippen LogP contribution in [0.25, 0.3) is 45.3 Å². The molecule has 0 aliphatic rings. The standard InChI is InChI=1S/C31H20F2N4S/c32-26-18-28(33)38-27(26)17-20-8-10-23(11-9-20)30-35-29(22-5-2-1-3-6-22)36-31(37-30)24-14-12-21(13-15-24)25-7-4-16-34-19-25/h1-16,18-19H,17H2. The molecule has 0 unspecified atom stereocenters. The molecule has 0 fully saturated rings. The highest BCUT2D eigenvalue weighted by molar-refractivity contribution is 7.10. The van der Waals surface area contributed by atoms with Crippen molar-refractivity contribution < 1.29 is 8.78 Å². The van der Waals surface area contributed by atoms with Crippen LogP contribution in [0.2, 0.25) is 0 Å². The van der Waals surface area contributed by atoms with Crippen LogP contribution in [0.5, 0.6) is 0 Å². The summed E-state index contributed by atoms with van der Waals surface area (Å²) in [6.45, 7) is 0. The van der Waals surface area contributed by atoms with Crippen LogP contribution >= 0.6 is 11.3 Å². The van der Waals surface area contributed by atoms with Crippen molar-refractivity contribution in [1.82, 2.24) is 19.9 Å². The molecule has 0 atom stereocenters. The molecule has 0 bridgehead atoms. The summed E-state index contributed by atoms with van der Waals surface area (Å²) in [5.74, 6) is 1.15. The Balaban J connectivity index is 1.36. The van der Waals surface area contributed by atoms with E-state index < -0.39 is 10.9 Å². The molecule has 7 heteroatoms. The molecule has 0 saturated carbocycles. The fourth-order valence-electron chi connectivity index (χ4n) is 4.15. The van der Waals surface area contributed by atoms with Crippen LogP contribution < -0.4 is 0 Å². The minimum atomic E-state index is -0.520. The number of pyridine rings is 1. The van der Waals surface area contributed by atoms with Crippen LogP contribution in [0.4, 0.5) is 8.78 Å². The third-order valence-corrected chi connectivity index (χ3v) is 7.01. The lowest BCUT2D eigenvalue weighted by atomic mass is 10.1. The summed E-state index contributed by atoms with van der Waals surface area (Å²) in [4.78, 5) is 18.9. The lowest BCUT2D eigenvalue weighted by Gasteiger charge is -2.09. The van der Waals surface area contributed by atoms with E-state index >= 15 is 0 Å². The quantitative estimate of drug-likeness (QED) is 0.225. The largest absolute Gasteiger partial charge is 0.264 e. The fraction of sp³-hybridized carbons (Fsp3) is 0.0323. The van der Waals surface area contributed by atoms with E-state index in [1.807, 2.05) is 97.2 Å². The smallest absolute Gasteiger partial charge is 0.179 e. The Kier molecular flexibility index (Phi) is 6.50. The zero-order valence-corrected chi connectivity index (χ0v) is 20.9. The van der Waals surface area contributed by atoms with Gasteiger partial charge in [0.25, 0.3) is 0 Å². The Morgan fingerprint density at radius 2 is 1.13 bits per heavy atom. The first kappa shape index (κ1) is 23.8. The van der Waals surface area contributed by atoms with Crippen molar-refractivity contribution in [3.05, 3.63) is 131 Å². The molecule has 0 radical (unpaired) electrons. The van der Waals surface area contributed by atoms with Gasteiger partial charge in [-0.2, -0.15) is 4.39 Å². The minimum Gasteiger partial charge on any atom is -0.264 e. The molecule has 3 heterocycles. The highest BCUT2D eigenvalue weighted by atomic mass is 32.1. The second kappa shape index (κ2) is 10.4. The van der Waals surface area contributed by atoms with Gasteiger partial charge in [0.1, 0.15) is 5.82 Å². The highest BCUT2D eigenvalue weighted by Gasteiger charge is 2.14. The second-order valence-electron chi connectivity index (χ2n) is 8.69. The molecule has 4 nitrogen and oxygen atoms in total. The second-order valence-corrected chi connectivity index (χ2v) is 9.77. The average Bonchev–Trinajstić information content (AvgIpc) is 3.30. The molecular weight excluding hydrogens is 498 g/mol. The van der Waals surface area contributed by atoms with Crippen LogP contribution in [-0.4, -0.2) is 19.9 Å². The number of hydrogen-bond acceptors (Lipinski definition) is 5. The Morgan fingerprint density at radius 1 is 0.579 bits per heavy atom. The number of benzene rings is 3. The van der Waals surface area contributed by atoms with E-state index in [1.54, 1.807) is 6.20 Å². The van der Waals surface area contributed by atoms with Crippen LogP contribution in [0, 0.1) is 10.9 Å². The Morgan fingerprint density at radius 3 is 1.68 bits per heavy atom. The third kappa shape index (κ3) is 5.10. The molecule has 38 heavy (non-hydrogen) atoms. The van der Waals surface area contributed by atoms with E-state index in [4.69, 9.17) is 15.0 Å². The molecular formula is C31H20F2N4S. The molecule has 184 valence electrons. The van der Waals surface area contributed by atoms with Crippen molar-refractivity contribution in [2.45, 2.75) is 6.42 Å². The summed E-state index contributed by atoms with van der Waals surface area (Å²) in [5.41, 5.74) is 5.52. The highest BCUT2D eigenvalue weighted by Crippen LogP contribution is 2.28. The van der Waals surface area contributed by atoms with E-state index in [-0.39, 0.29) is 0 Å². The summed E-state index contributed by atoms with van der Waals surface area (Å²) in [6.07, 6.45) is 3.90. The lowest BCUT2D eigenvalue weighted by molar-refractivity contribution is 0.602. The van der Waals surface area contributed by atoms with E-state index in [1.165, 1.54) is 0 Å². The van der Waals surface area contributed by atoms with Crippen LogP contribution in [0.15, 0.2) is 109 Å². The van der Waals surface area contributed by atoms with Crippen molar-refractivity contribution in [2.24, 2.45) is 0 Å². The van der Waals surface area contributed by atoms with Gasteiger partial charge in [-0.3, -0.25) is 4.98 Å². The Labute approximate surface area is 222 Å². The molecule has 3 aromatic heterocycles. The van der Waals surface area contributed by atoms with Crippen molar-refractivity contribution in [1.29, 1.82) is 0 Å². The molecule has 0 aliphatic carbocycles. The topological polar surface area (TPSA) is 51.6 Å². The average molecular weight is 519 g/mol. The van der Waals surface area contributed by atoms with Gasteiger partial charge < -0.3 is 0 Å². The summed E-state index contributed by atoms with van der Waals surface area (Å²) < 4.78 is 27.3. The predicted molar refractivity (Wildman–Crippen MR) is 146 cm³/mol. The van der Waals surface area contributed by atoms with E-state index in [0.717, 1.165) is 50.8 Å². The monoisotopic (exact) mass is 518 g/mol. The van der Waals surface area contributed by atoms with Gasteiger partial charge in [-0.1, -0.05) is 84.9 Å². The zero-order chi connectivity index (χ0) is 25.9. The van der Waals surface area contributed by atoms with Crippen molar-refractivity contribution >= 4 is 11.3 Å². The number of rotatable bonds is 6. The van der Waals surface area contributed by atoms with Gasteiger partial charge in [0.05, 0.1) is 0 Å². The van der Waals surface area contributed by atoms with Crippen LogP contribution in [0.1, 0.15) is 10.4 Å². The Hall–Kier alpha value is -4.62. The zero-order valence-electron chi connectivity index (χ0n) is 20.1. The number of halogens is 2. The molecule has 0 saturated heterocycles. The molecule has 0 amide bonds.